The molecular formula is C10H21N. The molecule has 66 valence electrons. The van der Waals surface area contributed by atoms with E-state index in [0.717, 1.165) is 19.4 Å². The summed E-state index contributed by atoms with van der Waals surface area (Å²) >= 11 is 0. The first-order chi connectivity index (χ1) is 5.27. The molecule has 11 heavy (non-hydrogen) atoms. The largest absolute Gasteiger partial charge is 0.308 e. The van der Waals surface area contributed by atoms with Crippen LogP contribution in [0.3, 0.4) is 0 Å². The second-order valence-corrected chi connectivity index (χ2v) is 2.26. The van der Waals surface area contributed by atoms with Crippen molar-refractivity contribution in [2.24, 2.45) is 0 Å². The Balaban J connectivity index is 0. The summed E-state index contributed by atoms with van der Waals surface area (Å²) in [7, 11) is 4.13. The van der Waals surface area contributed by atoms with Gasteiger partial charge < -0.3 is 4.90 Å². The van der Waals surface area contributed by atoms with Crippen LogP contribution in [-0.4, -0.2) is 25.5 Å². The maximum atomic E-state index is 3.07. The average Bonchev–Trinajstić information content (AvgIpc) is 2.02. The van der Waals surface area contributed by atoms with Gasteiger partial charge in [0.2, 0.25) is 0 Å². The second kappa shape index (κ2) is 12.2. The van der Waals surface area contributed by atoms with Crippen molar-refractivity contribution in [3.8, 4) is 11.8 Å². The van der Waals surface area contributed by atoms with Crippen molar-refractivity contribution in [2.45, 2.75) is 33.6 Å². The normalized spacial score (nSPS) is 7.82. The molecule has 0 N–H and O–H groups in total. The van der Waals surface area contributed by atoms with Crippen molar-refractivity contribution in [2.75, 3.05) is 20.6 Å². The van der Waals surface area contributed by atoms with Crippen molar-refractivity contribution in [1.29, 1.82) is 0 Å². The van der Waals surface area contributed by atoms with Gasteiger partial charge in [0, 0.05) is 19.4 Å². The molecule has 0 aromatic rings. The molecule has 0 aliphatic rings. The lowest BCUT2D eigenvalue weighted by Gasteiger charge is -2.03. The molecule has 0 spiro atoms. The average molecular weight is 155 g/mol. The smallest absolute Gasteiger partial charge is 0.0216 e. The van der Waals surface area contributed by atoms with Crippen LogP contribution < -0.4 is 0 Å². The van der Waals surface area contributed by atoms with E-state index in [-0.39, 0.29) is 0 Å². The minimum Gasteiger partial charge on any atom is -0.308 e. The Morgan fingerprint density at radius 2 is 1.64 bits per heavy atom. The summed E-state index contributed by atoms with van der Waals surface area (Å²) in [6.07, 6.45) is 1.98. The molecule has 0 rings (SSSR count). The predicted octanol–water partition coefficient (Wildman–Crippen LogP) is 2.38. The zero-order chi connectivity index (χ0) is 9.11. The monoisotopic (exact) mass is 155 g/mol. The van der Waals surface area contributed by atoms with Gasteiger partial charge in [-0.1, -0.05) is 20.8 Å². The molecule has 0 saturated carbocycles. The van der Waals surface area contributed by atoms with Crippen LogP contribution in [0.15, 0.2) is 0 Å². The van der Waals surface area contributed by atoms with Gasteiger partial charge in [-0.15, -0.1) is 11.8 Å². The van der Waals surface area contributed by atoms with Crippen molar-refractivity contribution in [1.82, 2.24) is 4.90 Å². The maximum absolute atomic E-state index is 3.07. The van der Waals surface area contributed by atoms with Crippen molar-refractivity contribution in [3.05, 3.63) is 0 Å². The van der Waals surface area contributed by atoms with Crippen molar-refractivity contribution < 1.29 is 0 Å². The number of hydrogen-bond donors (Lipinski definition) is 0. The molecule has 0 atom stereocenters. The number of nitrogens with zero attached hydrogens (tertiary/aromatic N) is 1. The minimum absolute atomic E-state index is 0.980. The van der Waals surface area contributed by atoms with Gasteiger partial charge in [0.25, 0.3) is 0 Å². The molecule has 0 aliphatic heterocycles. The second-order valence-electron chi connectivity index (χ2n) is 2.26. The summed E-state index contributed by atoms with van der Waals surface area (Å²) in [6, 6.07) is 0. The summed E-state index contributed by atoms with van der Waals surface area (Å²) in [6.45, 7) is 7.15. The fourth-order valence-electron chi connectivity index (χ4n) is 0.493. The Kier molecular flexibility index (Phi) is 14.6. The lowest BCUT2D eigenvalue weighted by Crippen LogP contribution is -2.11. The highest BCUT2D eigenvalue weighted by Gasteiger charge is 1.82. The quantitative estimate of drug-likeness (QED) is 0.553. The Morgan fingerprint density at radius 1 is 1.09 bits per heavy atom. The molecule has 0 aromatic heterocycles. The van der Waals surface area contributed by atoms with Gasteiger partial charge in [-0.2, -0.15) is 0 Å². The van der Waals surface area contributed by atoms with Gasteiger partial charge in [0.1, 0.15) is 0 Å². The molecule has 0 aromatic carbocycles. The van der Waals surface area contributed by atoms with Gasteiger partial charge in [0.05, 0.1) is 0 Å². The van der Waals surface area contributed by atoms with Crippen molar-refractivity contribution in [3.63, 3.8) is 0 Å². The Bertz CT molecular complexity index is 106. The minimum atomic E-state index is 0.980. The molecule has 0 heterocycles. The zero-order valence-corrected chi connectivity index (χ0v) is 8.57. The van der Waals surface area contributed by atoms with E-state index in [0.29, 0.717) is 0 Å². The van der Waals surface area contributed by atoms with Gasteiger partial charge in [0.15, 0.2) is 0 Å². The summed E-state index contributed by atoms with van der Waals surface area (Å²) in [5.74, 6) is 6.10. The van der Waals surface area contributed by atoms with Gasteiger partial charge in [-0.25, -0.2) is 0 Å². The summed E-state index contributed by atoms with van der Waals surface area (Å²) in [5.41, 5.74) is 0. The Labute approximate surface area is 71.8 Å². The molecular weight excluding hydrogens is 134 g/mol. The molecule has 0 amide bonds. The van der Waals surface area contributed by atoms with Crippen LogP contribution in [0.25, 0.3) is 0 Å². The lowest BCUT2D eigenvalue weighted by atomic mass is 10.4. The van der Waals surface area contributed by atoms with Gasteiger partial charge >= 0.3 is 0 Å². The molecule has 1 nitrogen and oxygen atoms in total. The lowest BCUT2D eigenvalue weighted by molar-refractivity contribution is 0.420. The van der Waals surface area contributed by atoms with Crippen LogP contribution in [0.5, 0.6) is 0 Å². The fourth-order valence-corrected chi connectivity index (χ4v) is 0.493. The van der Waals surface area contributed by atoms with Crippen LogP contribution in [0.4, 0.5) is 0 Å². The summed E-state index contributed by atoms with van der Waals surface area (Å²) in [5, 5.41) is 0. The zero-order valence-electron chi connectivity index (χ0n) is 8.57. The molecule has 0 saturated heterocycles. The van der Waals surface area contributed by atoms with E-state index < -0.39 is 0 Å². The number of hydrogen-bond acceptors (Lipinski definition) is 1. The third-order valence-corrected chi connectivity index (χ3v) is 0.986. The standard InChI is InChI=1S/C8H15N.C2H6/c1-4-5-6-7-8-9(2)3;1-2/h4,7-8H2,1-3H3;1-2H3. The van der Waals surface area contributed by atoms with Crippen LogP contribution in [-0.2, 0) is 0 Å². The third kappa shape index (κ3) is 17.7. The molecule has 0 fully saturated rings. The van der Waals surface area contributed by atoms with E-state index in [1.807, 2.05) is 13.8 Å². The molecule has 1 heteroatoms. The highest BCUT2D eigenvalue weighted by Crippen LogP contribution is 1.79. The highest BCUT2D eigenvalue weighted by molar-refractivity contribution is 4.97. The Hall–Kier alpha value is -0.480. The first-order valence-electron chi connectivity index (χ1n) is 4.37. The van der Waals surface area contributed by atoms with E-state index in [1.54, 1.807) is 0 Å². The first kappa shape index (κ1) is 13.1. The van der Waals surface area contributed by atoms with Crippen LogP contribution in [0, 0.1) is 11.8 Å². The van der Waals surface area contributed by atoms with Gasteiger partial charge in [-0.05, 0) is 14.1 Å². The van der Waals surface area contributed by atoms with Crippen LogP contribution >= 0.6 is 0 Å². The SMILES string of the molecule is CC.CCC#CCCN(C)C. The predicted molar refractivity (Wildman–Crippen MR) is 52.6 cm³/mol. The molecule has 0 unspecified atom stereocenters. The third-order valence-electron chi connectivity index (χ3n) is 0.986. The topological polar surface area (TPSA) is 3.24 Å². The summed E-state index contributed by atoms with van der Waals surface area (Å²) < 4.78 is 0. The van der Waals surface area contributed by atoms with Crippen LogP contribution in [0.1, 0.15) is 33.6 Å². The van der Waals surface area contributed by atoms with E-state index in [4.69, 9.17) is 0 Å². The fraction of sp³-hybridized carbons (Fsp3) is 0.800. The highest BCUT2D eigenvalue weighted by atomic mass is 15.0. The number of rotatable bonds is 2. The van der Waals surface area contributed by atoms with Crippen molar-refractivity contribution >= 4 is 0 Å². The van der Waals surface area contributed by atoms with Gasteiger partial charge in [-0.3, -0.25) is 0 Å². The molecule has 0 bridgehead atoms. The summed E-state index contributed by atoms with van der Waals surface area (Å²) in [4.78, 5) is 2.14. The van der Waals surface area contributed by atoms with E-state index in [9.17, 15) is 0 Å². The molecule has 0 radical (unpaired) electrons. The van der Waals surface area contributed by atoms with E-state index in [1.165, 1.54) is 0 Å². The van der Waals surface area contributed by atoms with Crippen LogP contribution in [0.2, 0.25) is 0 Å². The maximum Gasteiger partial charge on any atom is 0.0216 e. The molecule has 0 aliphatic carbocycles. The first-order valence-corrected chi connectivity index (χ1v) is 4.37. The van der Waals surface area contributed by atoms with E-state index >= 15 is 0 Å². The van der Waals surface area contributed by atoms with E-state index in [2.05, 4.69) is 37.8 Å². The Morgan fingerprint density at radius 3 is 2.00 bits per heavy atom.